The Kier molecular flexibility index (Phi) is 9.33. The third-order valence-electron chi connectivity index (χ3n) is 6.13. The van der Waals surface area contributed by atoms with Gasteiger partial charge < -0.3 is 22.1 Å². The van der Waals surface area contributed by atoms with Crippen LogP contribution in [-0.4, -0.2) is 71.5 Å². The first-order chi connectivity index (χ1) is 14.2. The van der Waals surface area contributed by atoms with Crippen molar-refractivity contribution in [2.75, 3.05) is 32.9 Å². The van der Waals surface area contributed by atoms with Crippen LogP contribution in [-0.2, 0) is 15.7 Å². The first kappa shape index (κ1) is 26.9. The predicted molar refractivity (Wildman–Crippen MR) is 124 cm³/mol. The Morgan fingerprint density at radius 2 is 1.84 bits per heavy atom. The van der Waals surface area contributed by atoms with Crippen LogP contribution in [0.4, 0.5) is 0 Å². The second-order valence-electron chi connectivity index (χ2n) is 8.15. The molecule has 0 spiro atoms. The Labute approximate surface area is 206 Å². The normalized spacial score (nSPS) is 22.7. The highest BCUT2D eigenvalue weighted by Gasteiger charge is 2.55. The molecule has 1 unspecified atom stereocenters. The third-order valence-corrected chi connectivity index (χ3v) is 9.69. The van der Waals surface area contributed by atoms with Crippen LogP contribution in [0.15, 0.2) is 23.1 Å². The number of thioether (sulfide) groups is 1. The predicted octanol–water partition coefficient (Wildman–Crippen LogP) is 0.529. The molecule has 1 aliphatic carbocycles. The van der Waals surface area contributed by atoms with E-state index in [0.717, 1.165) is 48.2 Å². The molecule has 176 valence electrons. The first-order valence-corrected chi connectivity index (χ1v) is 13.5. The van der Waals surface area contributed by atoms with Gasteiger partial charge in [-0.3, -0.25) is 4.58 Å². The zero-order valence-electron chi connectivity index (χ0n) is 18.6. The van der Waals surface area contributed by atoms with Gasteiger partial charge in [-0.25, -0.2) is 17.6 Å². The van der Waals surface area contributed by atoms with Gasteiger partial charge in [0.15, 0.2) is 0 Å². The minimum absolute atomic E-state index is 0. The summed E-state index contributed by atoms with van der Waals surface area (Å²) < 4.78 is 29.0. The highest BCUT2D eigenvalue weighted by molar-refractivity contribution is 8.13. The van der Waals surface area contributed by atoms with E-state index in [2.05, 4.69) is 23.3 Å². The van der Waals surface area contributed by atoms with Crippen LogP contribution in [0, 0.1) is 0 Å². The van der Waals surface area contributed by atoms with E-state index < -0.39 is 15.7 Å². The Bertz CT molecular complexity index is 914. The van der Waals surface area contributed by atoms with Crippen molar-refractivity contribution in [3.63, 3.8) is 0 Å². The lowest BCUT2D eigenvalue weighted by Crippen LogP contribution is -3.00. The molecule has 1 aliphatic heterocycles. The SMILES string of the molecule is CC[N+](CC)=C1SCC(O)(c2ccc(Cl)c(S(=O)(=O)N(C)C)c2)N1C1CCCCC1.[Br-]. The van der Waals surface area contributed by atoms with Crippen LogP contribution >= 0.6 is 23.4 Å². The van der Waals surface area contributed by atoms with Crippen molar-refractivity contribution in [3.05, 3.63) is 28.8 Å². The van der Waals surface area contributed by atoms with Gasteiger partial charge in [0.2, 0.25) is 15.7 Å². The average molecular weight is 555 g/mol. The van der Waals surface area contributed by atoms with Crippen molar-refractivity contribution in [3.8, 4) is 0 Å². The van der Waals surface area contributed by atoms with Gasteiger partial charge >= 0.3 is 5.17 Å². The molecule has 0 aromatic heterocycles. The Morgan fingerprint density at radius 1 is 1.23 bits per heavy atom. The summed E-state index contributed by atoms with van der Waals surface area (Å²) in [4.78, 5) is 2.20. The summed E-state index contributed by atoms with van der Waals surface area (Å²) in [5.74, 6) is 0.457. The van der Waals surface area contributed by atoms with Gasteiger partial charge in [-0.2, -0.15) is 0 Å². The molecule has 10 heteroatoms. The second-order valence-corrected chi connectivity index (χ2v) is 11.6. The number of hydrogen-bond acceptors (Lipinski definition) is 4. The van der Waals surface area contributed by atoms with Crippen LogP contribution < -0.4 is 17.0 Å². The van der Waals surface area contributed by atoms with E-state index in [1.54, 1.807) is 30.0 Å². The molecule has 1 atom stereocenters. The van der Waals surface area contributed by atoms with Crippen molar-refractivity contribution in [2.24, 2.45) is 0 Å². The van der Waals surface area contributed by atoms with Crippen LogP contribution in [0.25, 0.3) is 0 Å². The Morgan fingerprint density at radius 3 is 2.39 bits per heavy atom. The largest absolute Gasteiger partial charge is 1.00 e. The number of amidine groups is 1. The van der Waals surface area contributed by atoms with Crippen LogP contribution in [0.2, 0.25) is 5.02 Å². The number of hydrogen-bond donors (Lipinski definition) is 1. The lowest BCUT2D eigenvalue weighted by Gasteiger charge is -2.37. The van der Waals surface area contributed by atoms with E-state index in [4.69, 9.17) is 11.6 Å². The molecule has 0 radical (unpaired) electrons. The molecule has 1 saturated carbocycles. The molecule has 1 N–H and O–H groups in total. The number of rotatable bonds is 6. The molecule has 1 saturated heterocycles. The van der Waals surface area contributed by atoms with Crippen LogP contribution in [0.1, 0.15) is 51.5 Å². The van der Waals surface area contributed by atoms with E-state index >= 15 is 0 Å². The highest BCUT2D eigenvalue weighted by Crippen LogP contribution is 2.44. The van der Waals surface area contributed by atoms with Crippen molar-refractivity contribution in [1.82, 2.24) is 9.21 Å². The first-order valence-electron chi connectivity index (χ1n) is 10.7. The maximum atomic E-state index is 12.8. The fourth-order valence-corrected chi connectivity index (χ4v) is 7.28. The molecule has 6 nitrogen and oxygen atoms in total. The number of sulfonamides is 1. The number of benzene rings is 1. The van der Waals surface area contributed by atoms with Gasteiger partial charge in [-0.1, -0.05) is 24.1 Å². The fraction of sp³-hybridized carbons (Fsp3) is 0.667. The average Bonchev–Trinajstić information content (AvgIpc) is 3.08. The molecule has 2 fully saturated rings. The minimum atomic E-state index is -3.72. The van der Waals surface area contributed by atoms with Crippen molar-refractivity contribution in [2.45, 2.75) is 62.6 Å². The zero-order chi connectivity index (χ0) is 22.1. The van der Waals surface area contributed by atoms with E-state index in [1.165, 1.54) is 20.5 Å². The summed E-state index contributed by atoms with van der Waals surface area (Å²) in [6, 6.07) is 5.14. The molecular formula is C21H33BrClN3O3S2. The molecule has 0 amide bonds. The van der Waals surface area contributed by atoms with Crippen molar-refractivity contribution >= 4 is 38.6 Å². The van der Waals surface area contributed by atoms with Gasteiger partial charge in [0, 0.05) is 19.7 Å². The molecule has 1 aromatic rings. The van der Waals surface area contributed by atoms with E-state index in [0.29, 0.717) is 11.3 Å². The Hall–Kier alpha value is -0.320. The summed E-state index contributed by atoms with van der Waals surface area (Å²) in [5.41, 5.74) is -0.696. The van der Waals surface area contributed by atoms with Gasteiger partial charge in [-0.05, 0) is 63.4 Å². The summed E-state index contributed by atoms with van der Waals surface area (Å²) in [7, 11) is -0.750. The number of halogens is 2. The molecule has 1 aromatic carbocycles. The highest BCUT2D eigenvalue weighted by atomic mass is 79.9. The van der Waals surface area contributed by atoms with E-state index in [9.17, 15) is 13.5 Å². The lowest BCUT2D eigenvalue weighted by molar-refractivity contribution is -0.524. The minimum Gasteiger partial charge on any atom is -1.00 e. The maximum Gasteiger partial charge on any atom is 0.311 e. The van der Waals surface area contributed by atoms with Crippen molar-refractivity contribution in [1.29, 1.82) is 0 Å². The second kappa shape index (κ2) is 10.7. The van der Waals surface area contributed by atoms with Gasteiger partial charge in [0.1, 0.15) is 4.90 Å². The molecule has 3 rings (SSSR count). The van der Waals surface area contributed by atoms with Gasteiger partial charge in [0.05, 0.1) is 29.9 Å². The summed E-state index contributed by atoms with van der Waals surface area (Å²) in [6.07, 6.45) is 5.58. The fourth-order valence-electron chi connectivity index (χ4n) is 4.37. The molecule has 31 heavy (non-hydrogen) atoms. The Balaban J connectivity index is 0.00000341. The quantitative estimate of drug-likeness (QED) is 0.520. The third kappa shape index (κ3) is 5.11. The van der Waals surface area contributed by atoms with E-state index in [-0.39, 0.29) is 32.9 Å². The van der Waals surface area contributed by atoms with Crippen LogP contribution in [0.5, 0.6) is 0 Å². The van der Waals surface area contributed by atoms with Crippen LogP contribution in [0.3, 0.4) is 0 Å². The molecule has 2 aliphatic rings. The summed E-state index contributed by atoms with van der Waals surface area (Å²) >= 11 is 7.92. The maximum absolute atomic E-state index is 12.8. The molecule has 0 bridgehead atoms. The van der Waals surface area contributed by atoms with Crippen molar-refractivity contribution < 1.29 is 35.1 Å². The van der Waals surface area contributed by atoms with Gasteiger partial charge in [0.25, 0.3) is 0 Å². The number of nitrogens with zero attached hydrogens (tertiary/aromatic N) is 3. The zero-order valence-corrected chi connectivity index (χ0v) is 22.6. The molecular weight excluding hydrogens is 522 g/mol. The van der Waals surface area contributed by atoms with E-state index in [1.807, 2.05) is 0 Å². The summed E-state index contributed by atoms with van der Waals surface area (Å²) in [6.45, 7) is 5.97. The van der Waals surface area contributed by atoms with Gasteiger partial charge in [-0.15, -0.1) is 0 Å². The lowest BCUT2D eigenvalue weighted by atomic mass is 9.91. The monoisotopic (exact) mass is 553 g/mol. The molecule has 1 heterocycles. The number of aliphatic hydroxyl groups is 1. The summed E-state index contributed by atoms with van der Waals surface area (Å²) in [5, 5.41) is 13.3. The standard InChI is InChI=1S/C21H33ClN3O3S2.BrH/c1-5-24(6-2)20-25(17-10-8-7-9-11-17)21(26,15-29-20)16-12-13-18(22)19(14-16)30(27,28)23(3)4;/h12-14,17,26H,5-11,15H2,1-4H3;1H/q+1;/p-1. The topological polar surface area (TPSA) is 63.9 Å². The smallest absolute Gasteiger partial charge is 0.311 e.